The number of hydrogen-bond donors (Lipinski definition) is 1. The number of nitrogens with one attached hydrogen (secondary N) is 1. The molecule has 1 N–H and O–H groups in total. The third-order valence-corrected chi connectivity index (χ3v) is 5.79. The number of ether oxygens (including phenoxy) is 1. The Kier molecular flexibility index (Phi) is 5.79. The van der Waals surface area contributed by atoms with Crippen LogP contribution < -0.4 is 0 Å². The van der Waals surface area contributed by atoms with E-state index in [1.807, 2.05) is 38.1 Å². The minimum Gasteiger partial charge on any atom is -0.372 e. The second-order valence-electron chi connectivity index (χ2n) is 8.19. The molecule has 0 aliphatic carbocycles. The highest BCUT2D eigenvalue weighted by Gasteiger charge is 2.37. The maximum absolute atomic E-state index is 13.8. The van der Waals surface area contributed by atoms with Crippen molar-refractivity contribution in [1.29, 1.82) is 0 Å². The fraction of sp³-hybridized carbons (Fsp3) is 0.375. The van der Waals surface area contributed by atoms with E-state index < -0.39 is 17.7 Å². The quantitative estimate of drug-likeness (QED) is 0.607. The number of para-hydroxylation sites is 1. The second-order valence-corrected chi connectivity index (χ2v) is 8.19. The highest BCUT2D eigenvalue weighted by molar-refractivity contribution is 5.86. The van der Waals surface area contributed by atoms with E-state index >= 15 is 0 Å². The van der Waals surface area contributed by atoms with Crippen molar-refractivity contribution in [1.82, 2.24) is 9.88 Å². The average molecular weight is 430 g/mol. The number of alkyl halides is 3. The Morgan fingerprint density at radius 1 is 1.06 bits per heavy atom. The van der Waals surface area contributed by atoms with Crippen LogP contribution in [0.2, 0.25) is 0 Å². The summed E-state index contributed by atoms with van der Waals surface area (Å²) in [6.45, 7) is 4.66. The number of morpholine rings is 1. The first kappa shape index (κ1) is 21.4. The van der Waals surface area contributed by atoms with Crippen LogP contribution in [-0.4, -0.2) is 41.1 Å². The molecule has 31 heavy (non-hydrogen) atoms. The summed E-state index contributed by atoms with van der Waals surface area (Å²) in [4.78, 5) is 18.1. The molecule has 1 aliphatic rings. The van der Waals surface area contributed by atoms with Gasteiger partial charge in [-0.2, -0.15) is 13.2 Å². The van der Waals surface area contributed by atoms with Crippen LogP contribution in [0.4, 0.5) is 13.2 Å². The Morgan fingerprint density at radius 3 is 2.42 bits per heavy atom. The molecule has 1 aromatic heterocycles. The van der Waals surface area contributed by atoms with Crippen molar-refractivity contribution >= 4 is 16.8 Å². The number of amides is 1. The Balaban J connectivity index is 1.77. The molecule has 0 spiro atoms. The normalized spacial score (nSPS) is 20.7. The van der Waals surface area contributed by atoms with Crippen molar-refractivity contribution < 1.29 is 22.7 Å². The summed E-state index contributed by atoms with van der Waals surface area (Å²) in [5, 5.41) is 0.820. The first-order chi connectivity index (χ1) is 14.7. The van der Waals surface area contributed by atoms with Gasteiger partial charge in [-0.25, -0.2) is 0 Å². The third kappa shape index (κ3) is 4.46. The SMILES string of the molecule is CC1CN(C(=O)CC(c2ccccc2C(F)(F)F)c2c[nH]c3ccccc23)CC(C)O1. The van der Waals surface area contributed by atoms with Crippen LogP contribution in [0.3, 0.4) is 0 Å². The van der Waals surface area contributed by atoms with E-state index in [2.05, 4.69) is 4.98 Å². The molecule has 0 saturated carbocycles. The zero-order valence-electron chi connectivity index (χ0n) is 17.4. The van der Waals surface area contributed by atoms with Gasteiger partial charge in [0.15, 0.2) is 0 Å². The number of aromatic nitrogens is 1. The van der Waals surface area contributed by atoms with Crippen LogP contribution in [-0.2, 0) is 15.7 Å². The van der Waals surface area contributed by atoms with Gasteiger partial charge in [0.05, 0.1) is 17.8 Å². The van der Waals surface area contributed by atoms with Crippen molar-refractivity contribution in [2.75, 3.05) is 13.1 Å². The Morgan fingerprint density at radius 2 is 1.71 bits per heavy atom. The number of aromatic amines is 1. The first-order valence-electron chi connectivity index (χ1n) is 10.4. The monoisotopic (exact) mass is 430 g/mol. The van der Waals surface area contributed by atoms with Crippen molar-refractivity contribution in [3.63, 3.8) is 0 Å². The van der Waals surface area contributed by atoms with Crippen LogP contribution in [0, 0.1) is 0 Å². The predicted octanol–water partition coefficient (Wildman–Crippen LogP) is 5.34. The molecule has 0 bridgehead atoms. The van der Waals surface area contributed by atoms with Crippen molar-refractivity contribution in [2.24, 2.45) is 0 Å². The number of carbonyl (C=O) groups excluding carboxylic acids is 1. The number of fused-ring (bicyclic) bond motifs is 1. The zero-order chi connectivity index (χ0) is 22.2. The topological polar surface area (TPSA) is 45.3 Å². The molecule has 2 aromatic carbocycles. The van der Waals surface area contributed by atoms with E-state index in [-0.39, 0.29) is 30.1 Å². The van der Waals surface area contributed by atoms with Crippen LogP contribution in [0.15, 0.2) is 54.7 Å². The van der Waals surface area contributed by atoms with Gasteiger partial charge in [-0.1, -0.05) is 36.4 Å². The standard InChI is InChI=1S/C24H25F3N2O2/c1-15-13-29(14-16(2)31-15)23(30)11-19(17-7-3-5-9-21(17)24(25,26)27)20-12-28-22-10-6-4-8-18(20)22/h3-10,12,15-16,19,28H,11,13-14H2,1-2H3. The minimum absolute atomic E-state index is 0.0472. The van der Waals surface area contributed by atoms with Gasteiger partial charge in [-0.05, 0) is 37.1 Å². The second kappa shape index (κ2) is 8.38. The Hall–Kier alpha value is -2.80. The number of carbonyl (C=O) groups is 1. The summed E-state index contributed by atoms with van der Waals surface area (Å²) in [7, 11) is 0. The molecular weight excluding hydrogens is 405 g/mol. The zero-order valence-corrected chi connectivity index (χ0v) is 17.4. The lowest BCUT2D eigenvalue weighted by Crippen LogP contribution is -2.48. The number of nitrogens with zero attached hydrogens (tertiary/aromatic N) is 1. The largest absolute Gasteiger partial charge is 0.416 e. The lowest BCUT2D eigenvalue weighted by atomic mass is 9.84. The van der Waals surface area contributed by atoms with Gasteiger partial charge in [-0.15, -0.1) is 0 Å². The highest BCUT2D eigenvalue weighted by Crippen LogP contribution is 2.41. The summed E-state index contributed by atoms with van der Waals surface area (Å²) < 4.78 is 47.2. The van der Waals surface area contributed by atoms with Crippen LogP contribution in [0.25, 0.3) is 10.9 Å². The van der Waals surface area contributed by atoms with Crippen LogP contribution in [0.1, 0.15) is 42.9 Å². The van der Waals surface area contributed by atoms with Gasteiger partial charge < -0.3 is 14.6 Å². The summed E-state index contributed by atoms with van der Waals surface area (Å²) in [6, 6.07) is 13.0. The maximum atomic E-state index is 13.8. The van der Waals surface area contributed by atoms with Gasteiger partial charge in [0.25, 0.3) is 0 Å². The summed E-state index contributed by atoms with van der Waals surface area (Å²) >= 11 is 0. The van der Waals surface area contributed by atoms with Crippen molar-refractivity contribution in [2.45, 2.75) is 44.6 Å². The molecule has 7 heteroatoms. The highest BCUT2D eigenvalue weighted by atomic mass is 19.4. The van der Waals surface area contributed by atoms with Gasteiger partial charge >= 0.3 is 6.18 Å². The lowest BCUT2D eigenvalue weighted by molar-refractivity contribution is -0.144. The van der Waals surface area contributed by atoms with E-state index in [1.165, 1.54) is 12.1 Å². The molecule has 1 fully saturated rings. The first-order valence-corrected chi connectivity index (χ1v) is 10.4. The summed E-state index contributed by atoms with van der Waals surface area (Å²) in [6.07, 6.45) is -3.05. The predicted molar refractivity (Wildman–Crippen MR) is 113 cm³/mol. The third-order valence-electron chi connectivity index (χ3n) is 5.79. The number of benzene rings is 2. The molecule has 1 amide bonds. The van der Waals surface area contributed by atoms with Crippen molar-refractivity contribution in [3.05, 3.63) is 71.4 Å². The van der Waals surface area contributed by atoms with E-state index in [1.54, 1.807) is 17.2 Å². The van der Waals surface area contributed by atoms with Gasteiger partial charge in [-0.3, -0.25) is 4.79 Å². The summed E-state index contributed by atoms with van der Waals surface area (Å²) in [5.41, 5.74) is 0.923. The Labute approximate surface area is 179 Å². The lowest BCUT2D eigenvalue weighted by Gasteiger charge is -2.36. The Bertz CT molecular complexity index is 1070. The van der Waals surface area contributed by atoms with Crippen LogP contribution >= 0.6 is 0 Å². The molecule has 0 radical (unpaired) electrons. The molecule has 1 aliphatic heterocycles. The molecule has 1 saturated heterocycles. The van der Waals surface area contributed by atoms with Gasteiger partial charge in [0, 0.05) is 42.5 Å². The van der Waals surface area contributed by atoms with E-state index in [4.69, 9.17) is 4.74 Å². The van der Waals surface area contributed by atoms with E-state index in [0.717, 1.165) is 17.0 Å². The van der Waals surface area contributed by atoms with E-state index in [9.17, 15) is 18.0 Å². The number of hydrogen-bond acceptors (Lipinski definition) is 2. The molecule has 4 nitrogen and oxygen atoms in total. The molecule has 4 rings (SSSR count). The van der Waals surface area contributed by atoms with Crippen LogP contribution in [0.5, 0.6) is 0 Å². The minimum atomic E-state index is -4.51. The smallest absolute Gasteiger partial charge is 0.372 e. The van der Waals surface area contributed by atoms with Gasteiger partial charge in [0.1, 0.15) is 0 Å². The number of rotatable bonds is 4. The molecule has 3 unspecified atom stereocenters. The fourth-order valence-corrected chi connectivity index (χ4v) is 4.51. The molecular formula is C24H25F3N2O2. The summed E-state index contributed by atoms with van der Waals surface area (Å²) in [5.74, 6) is -0.899. The van der Waals surface area contributed by atoms with Crippen molar-refractivity contribution in [3.8, 4) is 0 Å². The maximum Gasteiger partial charge on any atom is 0.416 e. The molecule has 3 atom stereocenters. The van der Waals surface area contributed by atoms with Gasteiger partial charge in [0.2, 0.25) is 5.91 Å². The average Bonchev–Trinajstić information content (AvgIpc) is 3.14. The number of halogens is 3. The molecule has 2 heterocycles. The van der Waals surface area contributed by atoms with E-state index in [0.29, 0.717) is 18.7 Å². The molecule has 3 aromatic rings. The fourth-order valence-electron chi connectivity index (χ4n) is 4.51. The molecule has 164 valence electrons. The number of H-pyrrole nitrogens is 1.